The predicted octanol–water partition coefficient (Wildman–Crippen LogP) is 4.59. The Labute approximate surface area is 150 Å². The van der Waals surface area contributed by atoms with Crippen molar-refractivity contribution in [1.29, 1.82) is 0 Å². The van der Waals surface area contributed by atoms with E-state index in [2.05, 4.69) is 0 Å². The number of piperidine rings is 1. The van der Waals surface area contributed by atoms with Gasteiger partial charge in [0.05, 0.1) is 17.5 Å². The third-order valence-corrected chi connectivity index (χ3v) is 4.81. The van der Waals surface area contributed by atoms with Gasteiger partial charge in [-0.1, -0.05) is 42.5 Å². The molecule has 3 rings (SSSR count). The first-order valence-electron chi connectivity index (χ1n) is 8.55. The minimum Gasteiger partial charge on any atom is -0.481 e. The molecule has 2 atom stereocenters. The van der Waals surface area contributed by atoms with Crippen LogP contribution in [-0.4, -0.2) is 29.1 Å². The molecule has 1 aliphatic rings. The van der Waals surface area contributed by atoms with Gasteiger partial charge in [-0.15, -0.1) is 0 Å². The van der Waals surface area contributed by atoms with E-state index in [4.69, 9.17) is 0 Å². The summed E-state index contributed by atoms with van der Waals surface area (Å²) >= 11 is 0. The fourth-order valence-electron chi connectivity index (χ4n) is 3.58. The lowest BCUT2D eigenvalue weighted by Crippen LogP contribution is -2.41. The van der Waals surface area contributed by atoms with Crippen molar-refractivity contribution in [2.75, 3.05) is 13.1 Å². The van der Waals surface area contributed by atoms with Crippen molar-refractivity contribution in [2.24, 2.45) is 5.92 Å². The average Bonchev–Trinajstić information content (AvgIpc) is 2.63. The van der Waals surface area contributed by atoms with Crippen molar-refractivity contribution in [3.8, 4) is 0 Å². The topological polar surface area (TPSA) is 40.5 Å². The fraction of sp³-hybridized carbons (Fsp3) is 0.350. The molecule has 2 unspecified atom stereocenters. The van der Waals surface area contributed by atoms with E-state index >= 15 is 0 Å². The van der Waals surface area contributed by atoms with E-state index in [9.17, 15) is 23.1 Å². The van der Waals surface area contributed by atoms with Crippen LogP contribution in [-0.2, 0) is 11.0 Å². The minimum atomic E-state index is -4.41. The molecule has 1 saturated heterocycles. The fourth-order valence-corrected chi connectivity index (χ4v) is 3.58. The molecule has 0 radical (unpaired) electrons. The minimum absolute atomic E-state index is 0.325. The van der Waals surface area contributed by atoms with Gasteiger partial charge in [0.1, 0.15) is 0 Å². The van der Waals surface area contributed by atoms with Crippen LogP contribution >= 0.6 is 0 Å². The SMILES string of the molecule is O=C(O)C1CCCN(C(c2ccccc2)c2cccc(C(F)(F)F)c2)C1. The van der Waals surface area contributed by atoms with E-state index < -0.39 is 29.7 Å². The molecule has 2 aromatic carbocycles. The lowest BCUT2D eigenvalue weighted by Gasteiger charge is -2.37. The second-order valence-corrected chi connectivity index (χ2v) is 6.61. The van der Waals surface area contributed by atoms with E-state index in [1.165, 1.54) is 12.1 Å². The first-order chi connectivity index (χ1) is 12.4. The van der Waals surface area contributed by atoms with Crippen LogP contribution in [0.1, 0.15) is 35.6 Å². The summed E-state index contributed by atoms with van der Waals surface area (Å²) in [5, 5.41) is 9.35. The molecule has 0 aliphatic carbocycles. The van der Waals surface area contributed by atoms with Crippen LogP contribution in [0, 0.1) is 5.92 Å². The van der Waals surface area contributed by atoms with Crippen molar-refractivity contribution in [3.63, 3.8) is 0 Å². The maximum atomic E-state index is 13.2. The number of likely N-dealkylation sites (tertiary alicyclic amines) is 1. The number of benzene rings is 2. The van der Waals surface area contributed by atoms with Crippen LogP contribution in [0.2, 0.25) is 0 Å². The van der Waals surface area contributed by atoms with Crippen molar-refractivity contribution in [3.05, 3.63) is 71.3 Å². The molecule has 0 saturated carbocycles. The Hall–Kier alpha value is -2.34. The van der Waals surface area contributed by atoms with Gasteiger partial charge in [-0.05, 0) is 42.6 Å². The quantitative estimate of drug-likeness (QED) is 0.864. The van der Waals surface area contributed by atoms with Crippen LogP contribution in [0.15, 0.2) is 54.6 Å². The molecular weight excluding hydrogens is 343 g/mol. The lowest BCUT2D eigenvalue weighted by molar-refractivity contribution is -0.143. The monoisotopic (exact) mass is 363 g/mol. The molecule has 1 heterocycles. The molecule has 26 heavy (non-hydrogen) atoms. The summed E-state index contributed by atoms with van der Waals surface area (Å²) in [6.07, 6.45) is -3.11. The number of alkyl halides is 3. The van der Waals surface area contributed by atoms with Gasteiger partial charge in [-0.3, -0.25) is 9.69 Å². The molecule has 138 valence electrons. The number of nitrogens with zero attached hydrogens (tertiary/aromatic N) is 1. The third kappa shape index (κ3) is 4.07. The van der Waals surface area contributed by atoms with Crippen LogP contribution in [0.4, 0.5) is 13.2 Å². The summed E-state index contributed by atoms with van der Waals surface area (Å²) in [4.78, 5) is 13.4. The number of halogens is 3. The Balaban J connectivity index is 2.01. The zero-order valence-electron chi connectivity index (χ0n) is 14.1. The smallest absolute Gasteiger partial charge is 0.416 e. The summed E-state index contributed by atoms with van der Waals surface area (Å²) in [5.41, 5.74) is 0.692. The highest BCUT2D eigenvalue weighted by Crippen LogP contribution is 2.36. The van der Waals surface area contributed by atoms with Crippen molar-refractivity contribution in [1.82, 2.24) is 4.90 Å². The average molecular weight is 363 g/mol. The molecular formula is C20H20F3NO2. The maximum absolute atomic E-state index is 13.2. The molecule has 1 aliphatic heterocycles. The highest BCUT2D eigenvalue weighted by atomic mass is 19.4. The van der Waals surface area contributed by atoms with Gasteiger partial charge in [0.15, 0.2) is 0 Å². The normalized spacial score (nSPS) is 19.9. The second-order valence-electron chi connectivity index (χ2n) is 6.61. The first kappa shape index (κ1) is 18.5. The number of carboxylic acid groups (broad SMARTS) is 1. The standard InChI is InChI=1S/C20H20F3NO2/c21-20(22,23)17-10-4-8-15(12-17)18(14-6-2-1-3-7-14)24-11-5-9-16(13-24)19(25)26/h1-4,6-8,10,12,16,18H,5,9,11,13H2,(H,25,26). The largest absolute Gasteiger partial charge is 0.481 e. The van der Waals surface area contributed by atoms with E-state index in [0.29, 0.717) is 31.5 Å². The highest BCUT2D eigenvalue weighted by Gasteiger charge is 2.34. The van der Waals surface area contributed by atoms with Crippen LogP contribution in [0.25, 0.3) is 0 Å². The molecule has 0 bridgehead atoms. The van der Waals surface area contributed by atoms with Crippen molar-refractivity contribution >= 4 is 5.97 Å². The van der Waals surface area contributed by atoms with Gasteiger partial charge in [0, 0.05) is 6.54 Å². The van der Waals surface area contributed by atoms with Crippen molar-refractivity contribution in [2.45, 2.75) is 25.1 Å². The molecule has 0 spiro atoms. The number of hydrogen-bond donors (Lipinski definition) is 1. The predicted molar refractivity (Wildman–Crippen MR) is 91.7 cm³/mol. The van der Waals surface area contributed by atoms with Gasteiger partial charge in [-0.25, -0.2) is 0 Å². The van der Waals surface area contributed by atoms with E-state index in [0.717, 1.165) is 11.6 Å². The molecule has 6 heteroatoms. The first-order valence-corrected chi connectivity index (χ1v) is 8.55. The van der Waals surface area contributed by atoms with Crippen LogP contribution < -0.4 is 0 Å². The summed E-state index contributed by atoms with van der Waals surface area (Å²) in [5.74, 6) is -1.36. The Morgan fingerprint density at radius 1 is 1.08 bits per heavy atom. The second kappa shape index (κ2) is 7.50. The van der Waals surface area contributed by atoms with Crippen LogP contribution in [0.5, 0.6) is 0 Å². The molecule has 3 nitrogen and oxygen atoms in total. The Kier molecular flexibility index (Phi) is 5.32. The Bertz CT molecular complexity index is 761. The zero-order chi connectivity index (χ0) is 18.7. The Morgan fingerprint density at radius 2 is 1.77 bits per heavy atom. The molecule has 2 aromatic rings. The molecule has 0 amide bonds. The molecule has 1 fully saturated rings. The highest BCUT2D eigenvalue weighted by molar-refractivity contribution is 5.70. The van der Waals surface area contributed by atoms with E-state index in [1.807, 2.05) is 35.2 Å². The van der Waals surface area contributed by atoms with Gasteiger partial charge in [0.25, 0.3) is 0 Å². The number of carboxylic acids is 1. The van der Waals surface area contributed by atoms with E-state index in [-0.39, 0.29) is 0 Å². The van der Waals surface area contributed by atoms with Gasteiger partial charge in [-0.2, -0.15) is 13.2 Å². The van der Waals surface area contributed by atoms with Gasteiger partial charge < -0.3 is 5.11 Å². The number of carbonyl (C=O) groups is 1. The number of rotatable bonds is 4. The maximum Gasteiger partial charge on any atom is 0.416 e. The number of hydrogen-bond acceptors (Lipinski definition) is 2. The lowest BCUT2D eigenvalue weighted by atomic mass is 9.91. The van der Waals surface area contributed by atoms with Crippen molar-refractivity contribution < 1.29 is 23.1 Å². The van der Waals surface area contributed by atoms with Crippen LogP contribution in [0.3, 0.4) is 0 Å². The van der Waals surface area contributed by atoms with E-state index in [1.54, 1.807) is 6.07 Å². The Morgan fingerprint density at radius 3 is 2.42 bits per heavy atom. The number of aliphatic carboxylic acids is 1. The zero-order valence-corrected chi connectivity index (χ0v) is 14.1. The summed E-state index contributed by atoms with van der Waals surface area (Å²) < 4.78 is 39.5. The van der Waals surface area contributed by atoms with Gasteiger partial charge >= 0.3 is 12.1 Å². The molecule has 0 aromatic heterocycles. The van der Waals surface area contributed by atoms with Gasteiger partial charge in [0.2, 0.25) is 0 Å². The summed E-state index contributed by atoms with van der Waals surface area (Å²) in [6, 6.07) is 14.2. The summed E-state index contributed by atoms with van der Waals surface area (Å²) in [7, 11) is 0. The molecule has 1 N–H and O–H groups in total. The third-order valence-electron chi connectivity index (χ3n) is 4.81. The summed E-state index contributed by atoms with van der Waals surface area (Å²) in [6.45, 7) is 0.977.